The van der Waals surface area contributed by atoms with E-state index in [2.05, 4.69) is 23.3 Å². The normalized spacial score (nSPS) is 14.2. The largest absolute Gasteiger partial charge is 0.454 e. The minimum Gasteiger partial charge on any atom is -0.454 e. The van der Waals surface area contributed by atoms with Gasteiger partial charge in [0, 0.05) is 30.9 Å². The third kappa shape index (κ3) is 2.91. The van der Waals surface area contributed by atoms with Crippen molar-refractivity contribution in [2.45, 2.75) is 19.4 Å². The van der Waals surface area contributed by atoms with E-state index in [-0.39, 0.29) is 6.04 Å². The van der Waals surface area contributed by atoms with E-state index < -0.39 is 0 Å². The molecule has 2 aromatic rings. The van der Waals surface area contributed by atoms with Gasteiger partial charge in [0.15, 0.2) is 11.5 Å². The number of hydrogen-bond donors (Lipinski definition) is 1. The first-order chi connectivity index (χ1) is 9.83. The summed E-state index contributed by atoms with van der Waals surface area (Å²) in [5, 5.41) is 3.50. The minimum absolute atomic E-state index is 0.271. The molecule has 0 amide bonds. The van der Waals surface area contributed by atoms with Crippen molar-refractivity contribution in [2.75, 3.05) is 13.3 Å². The maximum Gasteiger partial charge on any atom is 0.231 e. The molecule has 0 spiro atoms. The van der Waals surface area contributed by atoms with E-state index in [1.165, 1.54) is 5.56 Å². The molecule has 1 aliphatic heterocycles. The molecule has 3 rings (SSSR count). The van der Waals surface area contributed by atoms with Crippen LogP contribution in [0.2, 0.25) is 0 Å². The fraction of sp³-hybridized carbons (Fsp3) is 0.312. The Balaban J connectivity index is 1.55. The van der Waals surface area contributed by atoms with Crippen molar-refractivity contribution in [3.8, 4) is 11.5 Å². The average Bonchev–Trinajstić information content (AvgIpc) is 2.95. The predicted octanol–water partition coefficient (Wildman–Crippen LogP) is 2.70. The molecule has 1 aromatic carbocycles. The summed E-state index contributed by atoms with van der Waals surface area (Å²) < 4.78 is 10.7. The summed E-state index contributed by atoms with van der Waals surface area (Å²) in [4.78, 5) is 4.32. The Kier molecular flexibility index (Phi) is 3.83. The Labute approximate surface area is 118 Å². The highest BCUT2D eigenvalue weighted by Crippen LogP contribution is 2.34. The summed E-state index contributed by atoms with van der Waals surface area (Å²) in [5.41, 5.74) is 2.31. The number of pyridine rings is 1. The lowest BCUT2D eigenvalue weighted by molar-refractivity contribution is 0.174. The van der Waals surface area contributed by atoms with Crippen molar-refractivity contribution < 1.29 is 9.47 Å². The Bertz CT molecular complexity index is 572. The quantitative estimate of drug-likeness (QED) is 0.907. The van der Waals surface area contributed by atoms with Crippen LogP contribution in [-0.4, -0.2) is 18.3 Å². The number of benzene rings is 1. The SMILES string of the molecule is CC(NCCc1ccccn1)c1ccc2c(c1)OCO2. The van der Waals surface area contributed by atoms with Crippen molar-refractivity contribution in [2.24, 2.45) is 0 Å². The van der Waals surface area contributed by atoms with E-state index in [9.17, 15) is 0 Å². The van der Waals surface area contributed by atoms with Gasteiger partial charge in [0.25, 0.3) is 0 Å². The van der Waals surface area contributed by atoms with Crippen LogP contribution in [0.5, 0.6) is 11.5 Å². The summed E-state index contributed by atoms with van der Waals surface area (Å²) in [6.45, 7) is 3.36. The standard InChI is InChI=1S/C16H18N2O2/c1-12(17-9-7-14-4-2-3-8-18-14)13-5-6-15-16(10-13)20-11-19-15/h2-6,8,10,12,17H,7,9,11H2,1H3. The lowest BCUT2D eigenvalue weighted by Gasteiger charge is -2.14. The van der Waals surface area contributed by atoms with Gasteiger partial charge in [-0.25, -0.2) is 0 Å². The monoisotopic (exact) mass is 270 g/mol. The minimum atomic E-state index is 0.271. The molecule has 0 radical (unpaired) electrons. The van der Waals surface area contributed by atoms with E-state index in [1.54, 1.807) is 0 Å². The summed E-state index contributed by atoms with van der Waals surface area (Å²) in [6, 6.07) is 12.4. The molecule has 0 saturated carbocycles. The highest BCUT2D eigenvalue weighted by atomic mass is 16.7. The van der Waals surface area contributed by atoms with Crippen LogP contribution in [0.3, 0.4) is 0 Å². The third-order valence-corrected chi connectivity index (χ3v) is 3.45. The van der Waals surface area contributed by atoms with E-state index in [1.807, 2.05) is 36.5 Å². The van der Waals surface area contributed by atoms with Crippen LogP contribution in [0.1, 0.15) is 24.2 Å². The van der Waals surface area contributed by atoms with Gasteiger partial charge in [0.05, 0.1) is 0 Å². The van der Waals surface area contributed by atoms with Crippen LogP contribution in [0, 0.1) is 0 Å². The zero-order chi connectivity index (χ0) is 13.8. The van der Waals surface area contributed by atoms with E-state index >= 15 is 0 Å². The Morgan fingerprint density at radius 3 is 2.95 bits per heavy atom. The lowest BCUT2D eigenvalue weighted by Crippen LogP contribution is -2.21. The number of fused-ring (bicyclic) bond motifs is 1. The zero-order valence-corrected chi connectivity index (χ0v) is 11.5. The second kappa shape index (κ2) is 5.92. The molecule has 4 heteroatoms. The van der Waals surface area contributed by atoms with Crippen LogP contribution in [0.4, 0.5) is 0 Å². The molecule has 0 fully saturated rings. The first-order valence-electron chi connectivity index (χ1n) is 6.86. The number of rotatable bonds is 5. The summed E-state index contributed by atoms with van der Waals surface area (Å²) in [5.74, 6) is 1.66. The molecule has 2 heterocycles. The average molecular weight is 270 g/mol. The van der Waals surface area contributed by atoms with Crippen LogP contribution >= 0.6 is 0 Å². The number of nitrogens with zero attached hydrogens (tertiary/aromatic N) is 1. The van der Waals surface area contributed by atoms with Crippen LogP contribution in [0.25, 0.3) is 0 Å². The van der Waals surface area contributed by atoms with Gasteiger partial charge in [0.1, 0.15) is 0 Å². The van der Waals surface area contributed by atoms with Gasteiger partial charge in [-0.1, -0.05) is 12.1 Å². The lowest BCUT2D eigenvalue weighted by atomic mass is 10.1. The molecule has 20 heavy (non-hydrogen) atoms. The highest BCUT2D eigenvalue weighted by molar-refractivity contribution is 5.45. The molecule has 1 unspecified atom stereocenters. The number of nitrogens with one attached hydrogen (secondary N) is 1. The topological polar surface area (TPSA) is 43.4 Å². The summed E-state index contributed by atoms with van der Waals surface area (Å²) in [6.07, 6.45) is 2.76. The molecule has 0 aliphatic carbocycles. The fourth-order valence-electron chi connectivity index (χ4n) is 2.26. The molecule has 4 nitrogen and oxygen atoms in total. The molecular weight excluding hydrogens is 252 g/mol. The second-order valence-corrected chi connectivity index (χ2v) is 4.86. The maximum atomic E-state index is 5.40. The maximum absolute atomic E-state index is 5.40. The van der Waals surface area contributed by atoms with Crippen molar-refractivity contribution in [1.82, 2.24) is 10.3 Å². The van der Waals surface area contributed by atoms with Crippen molar-refractivity contribution in [3.63, 3.8) is 0 Å². The molecule has 104 valence electrons. The molecule has 1 N–H and O–H groups in total. The molecule has 0 saturated heterocycles. The smallest absolute Gasteiger partial charge is 0.231 e. The van der Waals surface area contributed by atoms with Gasteiger partial charge in [0.2, 0.25) is 6.79 Å². The number of aromatic nitrogens is 1. The molecular formula is C16H18N2O2. The van der Waals surface area contributed by atoms with E-state index in [0.29, 0.717) is 6.79 Å². The Morgan fingerprint density at radius 2 is 2.10 bits per heavy atom. The van der Waals surface area contributed by atoms with Gasteiger partial charge < -0.3 is 14.8 Å². The van der Waals surface area contributed by atoms with Crippen molar-refractivity contribution in [3.05, 3.63) is 53.9 Å². The first-order valence-corrected chi connectivity index (χ1v) is 6.86. The van der Waals surface area contributed by atoms with Gasteiger partial charge in [-0.3, -0.25) is 4.98 Å². The fourth-order valence-corrected chi connectivity index (χ4v) is 2.26. The molecule has 1 aliphatic rings. The van der Waals surface area contributed by atoms with Gasteiger partial charge in [-0.2, -0.15) is 0 Å². The summed E-state index contributed by atoms with van der Waals surface area (Å²) in [7, 11) is 0. The van der Waals surface area contributed by atoms with Crippen LogP contribution in [-0.2, 0) is 6.42 Å². The summed E-state index contributed by atoms with van der Waals surface area (Å²) >= 11 is 0. The number of ether oxygens (including phenoxy) is 2. The zero-order valence-electron chi connectivity index (χ0n) is 11.5. The molecule has 1 atom stereocenters. The third-order valence-electron chi connectivity index (χ3n) is 3.45. The Hall–Kier alpha value is -2.07. The highest BCUT2D eigenvalue weighted by Gasteiger charge is 2.15. The van der Waals surface area contributed by atoms with E-state index in [4.69, 9.17) is 9.47 Å². The number of hydrogen-bond acceptors (Lipinski definition) is 4. The van der Waals surface area contributed by atoms with Crippen LogP contribution in [0.15, 0.2) is 42.6 Å². The van der Waals surface area contributed by atoms with Crippen molar-refractivity contribution >= 4 is 0 Å². The van der Waals surface area contributed by atoms with Crippen molar-refractivity contribution in [1.29, 1.82) is 0 Å². The van der Waals surface area contributed by atoms with Gasteiger partial charge >= 0.3 is 0 Å². The predicted molar refractivity (Wildman–Crippen MR) is 76.9 cm³/mol. The van der Waals surface area contributed by atoms with Crippen LogP contribution < -0.4 is 14.8 Å². The second-order valence-electron chi connectivity index (χ2n) is 4.86. The van der Waals surface area contributed by atoms with E-state index in [0.717, 1.165) is 30.2 Å². The Morgan fingerprint density at radius 1 is 1.20 bits per heavy atom. The first kappa shape index (κ1) is 12.9. The molecule has 0 bridgehead atoms. The van der Waals surface area contributed by atoms with Gasteiger partial charge in [-0.05, 0) is 36.8 Å². The molecule has 1 aromatic heterocycles. The van der Waals surface area contributed by atoms with Gasteiger partial charge in [-0.15, -0.1) is 0 Å².